The van der Waals surface area contributed by atoms with E-state index in [1.165, 1.54) is 42.8 Å². The molecule has 2 aliphatic rings. The van der Waals surface area contributed by atoms with Gasteiger partial charge < -0.3 is 0 Å². The number of benzene rings is 1. The lowest BCUT2D eigenvalue weighted by molar-refractivity contribution is 0.730. The minimum absolute atomic E-state index is 0.779. The van der Waals surface area contributed by atoms with E-state index in [0.29, 0.717) is 0 Å². The average Bonchev–Trinajstić information content (AvgIpc) is 2.90. The Hall–Kier alpha value is -0.340. The maximum Gasteiger partial charge on any atom is 0.0393 e. The summed E-state index contributed by atoms with van der Waals surface area (Å²) in [4.78, 5) is 0. The molecule has 17 heavy (non-hydrogen) atoms. The van der Waals surface area contributed by atoms with Gasteiger partial charge in [-0.05, 0) is 54.2 Å². The molecule has 1 saturated carbocycles. The smallest absolute Gasteiger partial charge is 0.0393 e. The largest absolute Gasteiger partial charge is 0.119 e. The lowest BCUT2D eigenvalue weighted by atomic mass is 9.98. The molecule has 2 fully saturated rings. The van der Waals surface area contributed by atoms with E-state index < -0.39 is 0 Å². The first kappa shape index (κ1) is 11.7. The zero-order valence-corrected chi connectivity index (χ0v) is 11.7. The van der Waals surface area contributed by atoms with E-state index in [9.17, 15) is 0 Å². The molecule has 0 nitrogen and oxygen atoms in total. The van der Waals surface area contributed by atoms with Crippen molar-refractivity contribution >= 4 is 23.5 Å². The van der Waals surface area contributed by atoms with Crippen LogP contribution in [0.4, 0.5) is 0 Å². The second-order valence-electron chi connectivity index (χ2n) is 4.79. The molecule has 1 atom stereocenters. The van der Waals surface area contributed by atoms with Crippen LogP contribution in [0.1, 0.15) is 37.2 Å². The van der Waals surface area contributed by atoms with Gasteiger partial charge in [-0.2, -0.15) is 0 Å². The van der Waals surface area contributed by atoms with E-state index in [4.69, 9.17) is 0 Å². The summed E-state index contributed by atoms with van der Waals surface area (Å²) in [5, 5.41) is 0. The Labute approximate surface area is 112 Å². The topological polar surface area (TPSA) is 0 Å². The third kappa shape index (κ3) is 2.74. The van der Waals surface area contributed by atoms with Gasteiger partial charge in [0.25, 0.3) is 0 Å². The highest BCUT2D eigenvalue weighted by molar-refractivity contribution is 8.22. The molecule has 0 aromatic heterocycles. The quantitative estimate of drug-likeness (QED) is 0.695. The monoisotopic (exact) mass is 262 g/mol. The zero-order valence-electron chi connectivity index (χ0n) is 10.0. The Kier molecular flexibility index (Phi) is 3.82. The van der Waals surface area contributed by atoms with Gasteiger partial charge in [-0.25, -0.2) is 0 Å². The van der Waals surface area contributed by atoms with E-state index in [-0.39, 0.29) is 0 Å². The lowest BCUT2D eigenvalue weighted by Crippen LogP contribution is -1.95. The van der Waals surface area contributed by atoms with E-state index in [2.05, 4.69) is 53.9 Å². The zero-order chi connectivity index (χ0) is 11.5. The van der Waals surface area contributed by atoms with E-state index in [0.717, 1.165) is 5.92 Å². The number of hydrogen-bond donors (Lipinski definition) is 0. The van der Waals surface area contributed by atoms with Gasteiger partial charge in [0.1, 0.15) is 0 Å². The van der Waals surface area contributed by atoms with Crippen LogP contribution in [0.15, 0.2) is 40.1 Å². The highest BCUT2D eigenvalue weighted by Crippen LogP contribution is 2.46. The summed E-state index contributed by atoms with van der Waals surface area (Å²) in [6, 6.07) is 11.0. The fourth-order valence-corrected chi connectivity index (χ4v) is 5.42. The standard InChI is InChI=1S/C15H18S2/c1-2-5-12(6-3-1)13-7-8-14(11-13)15-16-9-4-10-17-15/h1-3,5-6,13H,4,7-11H2. The van der Waals surface area contributed by atoms with Gasteiger partial charge in [0, 0.05) is 4.24 Å². The Morgan fingerprint density at radius 1 is 1.00 bits per heavy atom. The summed E-state index contributed by atoms with van der Waals surface area (Å²) in [5.41, 5.74) is 3.28. The fourth-order valence-electron chi connectivity index (χ4n) is 2.68. The SMILES string of the molecule is c1ccc(C2CCC(=C3SCCCS3)C2)cc1. The van der Waals surface area contributed by atoms with Crippen LogP contribution in [-0.2, 0) is 0 Å². The Bertz CT molecular complexity index is 400. The Balaban J connectivity index is 1.73. The first-order chi connectivity index (χ1) is 8.43. The van der Waals surface area contributed by atoms with Crippen molar-refractivity contribution in [1.29, 1.82) is 0 Å². The van der Waals surface area contributed by atoms with Gasteiger partial charge in [-0.1, -0.05) is 30.3 Å². The molecule has 0 bridgehead atoms. The van der Waals surface area contributed by atoms with Crippen LogP contribution < -0.4 is 0 Å². The van der Waals surface area contributed by atoms with Crippen molar-refractivity contribution in [2.45, 2.75) is 31.6 Å². The molecule has 1 aliphatic heterocycles. The fraction of sp³-hybridized carbons (Fsp3) is 0.467. The van der Waals surface area contributed by atoms with Crippen LogP contribution in [0.25, 0.3) is 0 Å². The molecule has 1 aromatic carbocycles. The van der Waals surface area contributed by atoms with Gasteiger partial charge in [-0.3, -0.25) is 0 Å². The first-order valence-corrected chi connectivity index (χ1v) is 8.43. The summed E-state index contributed by atoms with van der Waals surface area (Å²) < 4.78 is 1.66. The van der Waals surface area contributed by atoms with Crippen LogP contribution in [0.2, 0.25) is 0 Å². The van der Waals surface area contributed by atoms with Crippen molar-refractivity contribution in [2.24, 2.45) is 0 Å². The molecular weight excluding hydrogens is 244 g/mol. The molecule has 0 spiro atoms. The summed E-state index contributed by atoms with van der Waals surface area (Å²) in [5.74, 6) is 3.45. The Morgan fingerprint density at radius 2 is 1.76 bits per heavy atom. The van der Waals surface area contributed by atoms with Crippen molar-refractivity contribution in [1.82, 2.24) is 0 Å². The minimum atomic E-state index is 0.779. The van der Waals surface area contributed by atoms with Gasteiger partial charge in [0.15, 0.2) is 0 Å². The number of hydrogen-bond acceptors (Lipinski definition) is 2. The molecule has 0 N–H and O–H groups in total. The molecule has 1 heterocycles. The molecule has 0 amide bonds. The molecule has 3 rings (SSSR count). The first-order valence-electron chi connectivity index (χ1n) is 6.46. The summed E-state index contributed by atoms with van der Waals surface area (Å²) in [6.45, 7) is 0. The normalized spacial score (nSPS) is 25.3. The van der Waals surface area contributed by atoms with E-state index in [1.807, 2.05) is 0 Å². The molecule has 1 unspecified atom stereocenters. The minimum Gasteiger partial charge on any atom is -0.119 e. The average molecular weight is 262 g/mol. The van der Waals surface area contributed by atoms with E-state index >= 15 is 0 Å². The van der Waals surface area contributed by atoms with Crippen LogP contribution in [0.5, 0.6) is 0 Å². The Morgan fingerprint density at radius 3 is 2.53 bits per heavy atom. The molecular formula is C15H18S2. The third-order valence-electron chi connectivity index (χ3n) is 3.60. The molecule has 0 radical (unpaired) electrons. The van der Waals surface area contributed by atoms with Crippen molar-refractivity contribution < 1.29 is 0 Å². The van der Waals surface area contributed by atoms with Crippen LogP contribution in [0.3, 0.4) is 0 Å². The number of rotatable bonds is 1. The van der Waals surface area contributed by atoms with E-state index in [1.54, 1.807) is 9.81 Å². The van der Waals surface area contributed by atoms with Gasteiger partial charge in [0.05, 0.1) is 0 Å². The highest BCUT2D eigenvalue weighted by atomic mass is 32.2. The van der Waals surface area contributed by atoms with Gasteiger partial charge in [-0.15, -0.1) is 23.5 Å². The van der Waals surface area contributed by atoms with Crippen molar-refractivity contribution in [2.75, 3.05) is 11.5 Å². The summed E-state index contributed by atoms with van der Waals surface area (Å²) in [6.07, 6.45) is 5.37. The summed E-state index contributed by atoms with van der Waals surface area (Å²) >= 11 is 4.20. The van der Waals surface area contributed by atoms with Gasteiger partial charge in [0.2, 0.25) is 0 Å². The molecule has 2 heteroatoms. The summed E-state index contributed by atoms with van der Waals surface area (Å²) in [7, 11) is 0. The number of allylic oxidation sites excluding steroid dienone is 1. The second kappa shape index (κ2) is 5.53. The predicted octanol–water partition coefficient (Wildman–Crippen LogP) is 5.04. The predicted molar refractivity (Wildman–Crippen MR) is 79.6 cm³/mol. The maximum atomic E-state index is 2.29. The van der Waals surface area contributed by atoms with Crippen molar-refractivity contribution in [3.8, 4) is 0 Å². The highest BCUT2D eigenvalue weighted by Gasteiger charge is 2.24. The van der Waals surface area contributed by atoms with Crippen LogP contribution in [-0.4, -0.2) is 11.5 Å². The van der Waals surface area contributed by atoms with Crippen LogP contribution in [0, 0.1) is 0 Å². The van der Waals surface area contributed by atoms with Crippen LogP contribution >= 0.6 is 23.5 Å². The molecule has 1 saturated heterocycles. The van der Waals surface area contributed by atoms with Gasteiger partial charge >= 0.3 is 0 Å². The number of thioether (sulfide) groups is 2. The maximum absolute atomic E-state index is 2.29. The molecule has 90 valence electrons. The molecule has 1 aromatic rings. The van der Waals surface area contributed by atoms with Crippen molar-refractivity contribution in [3.63, 3.8) is 0 Å². The second-order valence-corrected chi connectivity index (χ2v) is 7.26. The van der Waals surface area contributed by atoms with Crippen molar-refractivity contribution in [3.05, 3.63) is 45.7 Å². The lowest BCUT2D eigenvalue weighted by Gasteiger charge is -2.15. The molecule has 1 aliphatic carbocycles. The third-order valence-corrected chi connectivity index (χ3v) is 6.40.